The van der Waals surface area contributed by atoms with Crippen LogP contribution in [-0.4, -0.2) is 76.8 Å². The van der Waals surface area contributed by atoms with Crippen molar-refractivity contribution in [3.8, 4) is 17.2 Å². The predicted octanol–water partition coefficient (Wildman–Crippen LogP) is 8.78. The van der Waals surface area contributed by atoms with Gasteiger partial charge in [0.25, 0.3) is 11.7 Å². The number of aliphatic hydroxyl groups is 1. The fourth-order valence-corrected chi connectivity index (χ4v) is 9.14. The number of aliphatic hydroxyl groups excluding tert-OH is 1. The van der Waals surface area contributed by atoms with Crippen molar-refractivity contribution in [2.75, 3.05) is 30.8 Å². The number of fused-ring (bicyclic) bond motifs is 7. The van der Waals surface area contributed by atoms with Gasteiger partial charge >= 0.3 is 50.5 Å². The third-order valence-corrected chi connectivity index (χ3v) is 12.8. The van der Waals surface area contributed by atoms with Crippen molar-refractivity contribution in [1.29, 1.82) is 0 Å². The van der Waals surface area contributed by atoms with Crippen LogP contribution in [0.5, 0.6) is 17.2 Å². The van der Waals surface area contributed by atoms with Crippen LogP contribution in [0.4, 0.5) is 37.7 Å². The van der Waals surface area contributed by atoms with Crippen molar-refractivity contribution in [2.24, 2.45) is 5.10 Å². The summed E-state index contributed by atoms with van der Waals surface area (Å²) in [5, 5.41) is 58.1. The number of thiophene rings is 2. The third kappa shape index (κ3) is 13.4. The molecule has 7 aromatic rings. The van der Waals surface area contributed by atoms with Crippen LogP contribution < -0.4 is 30.7 Å². The first-order valence-electron chi connectivity index (χ1n) is 22.2. The summed E-state index contributed by atoms with van der Waals surface area (Å²) in [4.78, 5) is 40.5. The van der Waals surface area contributed by atoms with Crippen LogP contribution in [-0.2, 0) is 10.3 Å². The van der Waals surface area contributed by atoms with Crippen molar-refractivity contribution < 1.29 is 110 Å². The maximum atomic E-state index is 14.4. The molecule has 5 N–H and O–H groups in total. The molecule has 0 saturated carbocycles. The predicted molar refractivity (Wildman–Crippen MR) is 270 cm³/mol. The number of anilines is 2. The topological polar surface area (TPSA) is 234 Å². The Hall–Kier alpha value is -6.78. The zero-order valence-electron chi connectivity index (χ0n) is 40.7. The first kappa shape index (κ1) is 61.8. The summed E-state index contributed by atoms with van der Waals surface area (Å²) in [7, 11) is 1.00. The first-order chi connectivity index (χ1) is 35.2. The number of amides is 1. The number of aryl methyl sites for hydroxylation is 2. The Labute approximate surface area is 470 Å². The molecule has 5 heterocycles. The molecule has 2 aliphatic rings. The van der Waals surface area contributed by atoms with E-state index >= 15 is 0 Å². The van der Waals surface area contributed by atoms with Crippen LogP contribution in [0.2, 0.25) is 0 Å². The molecule has 14 nitrogen and oxygen atoms in total. The number of hydrogen-bond donors (Lipinski definition) is 3. The molecule has 76 heavy (non-hydrogen) atoms. The quantitative estimate of drug-likeness (QED) is 0.0385. The monoisotopic (exact) mass is 1240 g/mol. The van der Waals surface area contributed by atoms with Gasteiger partial charge < -0.3 is 41.3 Å². The molecule has 0 bridgehead atoms. The van der Waals surface area contributed by atoms with Gasteiger partial charge in [-0.25, -0.2) is 9.99 Å². The van der Waals surface area contributed by atoms with Crippen molar-refractivity contribution in [3.05, 3.63) is 181 Å². The number of carbonyl (C=O) groups is 3. The van der Waals surface area contributed by atoms with Gasteiger partial charge in [-0.2, -0.15) is 31.4 Å². The van der Waals surface area contributed by atoms with E-state index in [1.165, 1.54) is 30.3 Å². The van der Waals surface area contributed by atoms with E-state index in [1.807, 2.05) is 48.5 Å². The van der Waals surface area contributed by atoms with Crippen LogP contribution in [0, 0.1) is 52.0 Å². The number of pyridine rings is 1. The minimum absolute atomic E-state index is 0. The Kier molecular flexibility index (Phi) is 21.4. The van der Waals surface area contributed by atoms with Gasteiger partial charge in [-0.05, 0) is 109 Å². The van der Waals surface area contributed by atoms with Gasteiger partial charge in [0.05, 0.1) is 22.3 Å². The van der Waals surface area contributed by atoms with Gasteiger partial charge in [-0.1, -0.05) is 66.1 Å². The Morgan fingerprint density at radius 3 is 1.86 bits per heavy atom. The number of ketones is 2. The molecule has 3 aromatic heterocycles. The van der Waals surface area contributed by atoms with Crippen molar-refractivity contribution in [1.82, 2.24) is 9.99 Å². The standard InChI is InChI=1S/C36H33N5O3.2C8H5F3O2S.CH4O.Dy.H2O/c1-5-37-29-18-32-27(16-21(29)3)36(28-17-22(4)30(38-6-2)19-33(28)44-32)26-12-8-7-11-25(26)35(43)41(36)39-20-24-15-14-23-10-9-13-31(42)34(23)40-24;2*9-8(10,11)7(13)4-5(12)6-2-1-3-14-6;1-2;;/h7-20,37-38,42H,5-6H2,1-4H3;1-4,13H;1-4,12H;2H,1H3;;1H2/q;;;;+3;/p-3/b39-20+;7-4-;5-4-;;;. The summed E-state index contributed by atoms with van der Waals surface area (Å²) in [6.45, 7) is 9.73. The fourth-order valence-electron chi connectivity index (χ4n) is 7.86. The van der Waals surface area contributed by atoms with Crippen LogP contribution in [0.1, 0.15) is 72.3 Å². The molecule has 9 rings (SSSR count). The summed E-state index contributed by atoms with van der Waals surface area (Å²) in [6.07, 6.45) is -8.27. The zero-order valence-corrected chi connectivity index (χ0v) is 44.3. The number of hydrazone groups is 1. The largest absolute Gasteiger partial charge is 3.00 e. The Morgan fingerprint density at radius 1 is 0.763 bits per heavy atom. The summed E-state index contributed by atoms with van der Waals surface area (Å²) in [5.74, 6) is -5.19. The number of nitrogens with zero attached hydrogens (tertiary/aromatic N) is 3. The Balaban J connectivity index is 0.000000320. The zero-order chi connectivity index (χ0) is 54.1. The molecule has 401 valence electrons. The average molecular weight is 1240 g/mol. The minimum Gasteiger partial charge on any atom is -0.871 e. The van der Waals surface area contributed by atoms with E-state index in [0.717, 1.165) is 87.5 Å². The smallest absolute Gasteiger partial charge is 0.871 e. The molecule has 1 radical (unpaired) electrons. The number of ether oxygens (including phenoxy) is 1. The summed E-state index contributed by atoms with van der Waals surface area (Å²) in [5.41, 5.74) is 6.75. The van der Waals surface area contributed by atoms with Crippen LogP contribution in [0.15, 0.2) is 137 Å². The van der Waals surface area contributed by atoms with E-state index in [-0.39, 0.29) is 77.2 Å². The number of rotatable bonds is 10. The number of allylic oxidation sites excluding steroid dienone is 3. The maximum Gasteiger partial charge on any atom is 3.00 e. The van der Waals surface area contributed by atoms with Crippen molar-refractivity contribution in [3.63, 3.8) is 0 Å². The van der Waals surface area contributed by atoms with E-state index in [1.54, 1.807) is 34.1 Å². The Morgan fingerprint density at radius 2 is 1.33 bits per heavy atom. The molecular formula is C53H46DyF6N5O9S2. The number of benzene rings is 4. The number of alkyl halides is 6. The van der Waals surface area contributed by atoms with Gasteiger partial charge in [0.15, 0.2) is 5.78 Å². The average Bonchev–Trinajstić information content (AvgIpc) is 4.16. The summed E-state index contributed by atoms with van der Waals surface area (Å²) in [6, 6.07) is 30.4. The summed E-state index contributed by atoms with van der Waals surface area (Å²) < 4.78 is 77.0. The van der Waals surface area contributed by atoms with E-state index in [9.17, 15) is 56.0 Å². The first-order valence-corrected chi connectivity index (χ1v) is 24.0. The molecule has 0 atom stereocenters. The van der Waals surface area contributed by atoms with Gasteiger partial charge in [0.2, 0.25) is 0 Å². The number of nitrogens with one attached hydrogen (secondary N) is 2. The molecule has 2 aliphatic heterocycles. The number of aromatic nitrogens is 1. The van der Waals surface area contributed by atoms with E-state index in [0.29, 0.717) is 28.3 Å². The Bertz CT molecular complexity index is 3210. The third-order valence-electron chi connectivity index (χ3n) is 11.1. The number of para-hydroxylation sites is 1. The SMILES string of the molecule is CCNc1cc2c(cc1C)C1(c3cc(C)c(NCC)cc3O2)c2ccccc2C(=O)N1/N=C/c1ccc2cccc([O-])c2n1.CO.O.O=C(/C=C(\[O-])C(F)(F)F)c1cccs1.O=C(/C=C(\[O-])c1cccs1)C(F)(F)F.[Dy+3]. The molecule has 4 aromatic carbocycles. The van der Waals surface area contributed by atoms with Gasteiger partial charge in [0, 0.05) is 70.8 Å². The van der Waals surface area contributed by atoms with Crippen molar-refractivity contribution >= 4 is 74.4 Å². The number of hydrogen-bond acceptors (Lipinski definition) is 14. The second-order valence-corrected chi connectivity index (χ2v) is 17.8. The fraction of sp³-hybridized carbons (Fsp3) is 0.189. The summed E-state index contributed by atoms with van der Waals surface area (Å²) >= 11 is 1.97. The molecule has 1 amide bonds. The van der Waals surface area contributed by atoms with Crippen LogP contribution in [0.3, 0.4) is 0 Å². The van der Waals surface area contributed by atoms with Crippen LogP contribution >= 0.6 is 22.7 Å². The molecule has 0 unspecified atom stereocenters. The molecule has 0 saturated heterocycles. The molecule has 0 fully saturated rings. The van der Waals surface area contributed by atoms with E-state index in [2.05, 4.69) is 55.4 Å². The van der Waals surface area contributed by atoms with Gasteiger partial charge in [-0.15, -0.1) is 22.7 Å². The number of halogens is 6. The van der Waals surface area contributed by atoms with Crippen molar-refractivity contribution in [2.45, 2.75) is 45.6 Å². The molecule has 23 heteroatoms. The molecular weight excluding hydrogens is 1190 g/mol. The normalized spacial score (nSPS) is 13.2. The molecule has 1 spiro atoms. The second-order valence-electron chi connectivity index (χ2n) is 15.9. The molecule has 0 aliphatic carbocycles. The minimum atomic E-state index is -4.98. The van der Waals surface area contributed by atoms with Crippen LogP contribution in [0.25, 0.3) is 16.7 Å². The van der Waals surface area contributed by atoms with E-state index in [4.69, 9.17) is 14.9 Å². The number of carbonyl (C=O) groups excluding carboxylic acids is 3. The van der Waals surface area contributed by atoms with Gasteiger partial charge in [-0.3, -0.25) is 14.4 Å². The second kappa shape index (κ2) is 26.3. The maximum absolute atomic E-state index is 14.4. The van der Waals surface area contributed by atoms with E-state index < -0.39 is 41.0 Å². The van der Waals surface area contributed by atoms with Gasteiger partial charge in [0.1, 0.15) is 17.0 Å².